The Morgan fingerprint density at radius 3 is 2.73 bits per heavy atom. The number of alkyl halides is 2. The number of anilines is 3. The SMILES string of the molecule is COC1(C)CCC(Nc2nc(N)c3c(-c4ccc(N=N)c(NCC(F)F)n4)ccn3n2)CC1. The molecule has 0 aromatic carbocycles. The van der Waals surface area contributed by atoms with Crippen LogP contribution < -0.4 is 16.4 Å². The summed E-state index contributed by atoms with van der Waals surface area (Å²) >= 11 is 0. The molecule has 1 saturated carbocycles. The Balaban J connectivity index is 1.59. The van der Waals surface area contributed by atoms with E-state index in [0.29, 0.717) is 22.7 Å². The van der Waals surface area contributed by atoms with Crippen molar-refractivity contribution in [2.24, 2.45) is 5.11 Å². The van der Waals surface area contributed by atoms with E-state index in [9.17, 15) is 8.78 Å². The number of nitrogens with zero attached hydrogens (tertiary/aromatic N) is 5. The Morgan fingerprint density at radius 1 is 1.30 bits per heavy atom. The summed E-state index contributed by atoms with van der Waals surface area (Å²) in [6.07, 6.45) is 2.95. The number of ether oxygens (including phenoxy) is 1. The van der Waals surface area contributed by atoms with Crippen LogP contribution in [-0.2, 0) is 4.74 Å². The Labute approximate surface area is 189 Å². The molecule has 0 amide bonds. The molecule has 0 bridgehead atoms. The summed E-state index contributed by atoms with van der Waals surface area (Å²) in [6.45, 7) is 1.53. The molecule has 0 spiro atoms. The fraction of sp³-hybridized carbons (Fsp3) is 0.476. The first-order valence-electron chi connectivity index (χ1n) is 10.7. The van der Waals surface area contributed by atoms with Crippen LogP contribution in [0.3, 0.4) is 0 Å². The molecule has 176 valence electrons. The molecule has 0 saturated heterocycles. The highest BCUT2D eigenvalue weighted by Crippen LogP contribution is 2.34. The van der Waals surface area contributed by atoms with Crippen molar-refractivity contribution >= 4 is 28.8 Å². The van der Waals surface area contributed by atoms with Gasteiger partial charge in [0.25, 0.3) is 6.43 Å². The molecule has 10 nitrogen and oxygen atoms in total. The molecule has 0 atom stereocenters. The van der Waals surface area contributed by atoms with Crippen LogP contribution >= 0.6 is 0 Å². The number of hydrogen-bond acceptors (Lipinski definition) is 9. The van der Waals surface area contributed by atoms with Crippen molar-refractivity contribution in [3.8, 4) is 11.3 Å². The minimum absolute atomic E-state index is 0.0871. The number of nitrogens with two attached hydrogens (primary N) is 1. The van der Waals surface area contributed by atoms with Crippen LogP contribution in [0.4, 0.5) is 32.1 Å². The van der Waals surface area contributed by atoms with E-state index in [1.807, 2.05) is 0 Å². The Morgan fingerprint density at radius 2 is 2.06 bits per heavy atom. The lowest BCUT2D eigenvalue weighted by Crippen LogP contribution is -2.37. The van der Waals surface area contributed by atoms with Crippen LogP contribution in [0.5, 0.6) is 0 Å². The van der Waals surface area contributed by atoms with Gasteiger partial charge in [-0.1, -0.05) is 0 Å². The molecule has 3 heterocycles. The van der Waals surface area contributed by atoms with Crippen molar-refractivity contribution in [2.45, 2.75) is 50.7 Å². The predicted octanol–water partition coefficient (Wildman–Crippen LogP) is 4.47. The third-order valence-electron chi connectivity index (χ3n) is 6.10. The Bertz CT molecular complexity index is 1140. The standard InChI is InChI=1S/C21H27F2N9O/c1-21(33-2)8-5-12(6-9-21)27-20-29-18(24)17-13(7-10-32(17)31-20)14-3-4-15(30-25)19(28-14)26-11-16(22)23/h3-4,7,10,12,16,25H,5-6,8-9,11H2,1-2H3,(H,26,28)(H3,24,27,29,31). The van der Waals surface area contributed by atoms with Crippen molar-refractivity contribution in [1.82, 2.24) is 19.6 Å². The molecule has 3 aromatic heterocycles. The van der Waals surface area contributed by atoms with Gasteiger partial charge in [0.15, 0.2) is 11.6 Å². The van der Waals surface area contributed by atoms with Crippen LogP contribution in [-0.4, -0.2) is 51.3 Å². The molecule has 1 fully saturated rings. The number of hydrogen-bond donors (Lipinski definition) is 4. The molecule has 33 heavy (non-hydrogen) atoms. The zero-order valence-electron chi connectivity index (χ0n) is 18.5. The average molecular weight is 460 g/mol. The molecule has 12 heteroatoms. The molecule has 0 unspecified atom stereocenters. The van der Waals surface area contributed by atoms with E-state index < -0.39 is 13.0 Å². The number of pyridine rings is 1. The molecule has 0 aliphatic heterocycles. The fourth-order valence-electron chi connectivity index (χ4n) is 4.08. The second kappa shape index (κ2) is 9.22. The van der Waals surface area contributed by atoms with Gasteiger partial charge in [-0.2, -0.15) is 10.1 Å². The van der Waals surface area contributed by atoms with Gasteiger partial charge in [0.2, 0.25) is 5.95 Å². The van der Waals surface area contributed by atoms with E-state index in [1.165, 1.54) is 6.07 Å². The van der Waals surface area contributed by atoms with Crippen LogP contribution in [0, 0.1) is 5.53 Å². The van der Waals surface area contributed by atoms with Crippen molar-refractivity contribution in [1.29, 1.82) is 5.53 Å². The second-order valence-corrected chi connectivity index (χ2v) is 8.36. The van der Waals surface area contributed by atoms with Crippen LogP contribution in [0.15, 0.2) is 29.5 Å². The largest absolute Gasteiger partial charge is 0.382 e. The highest BCUT2D eigenvalue weighted by Gasteiger charge is 2.31. The summed E-state index contributed by atoms with van der Waals surface area (Å²) < 4.78 is 32.5. The van der Waals surface area contributed by atoms with Crippen molar-refractivity contribution in [2.75, 3.05) is 30.0 Å². The van der Waals surface area contributed by atoms with Crippen molar-refractivity contribution in [3.63, 3.8) is 0 Å². The first-order valence-corrected chi connectivity index (χ1v) is 10.7. The van der Waals surface area contributed by atoms with E-state index in [4.69, 9.17) is 16.0 Å². The van der Waals surface area contributed by atoms with Crippen LogP contribution in [0.1, 0.15) is 32.6 Å². The van der Waals surface area contributed by atoms with E-state index in [0.717, 1.165) is 25.7 Å². The smallest absolute Gasteiger partial charge is 0.255 e. The van der Waals surface area contributed by atoms with Gasteiger partial charge in [0.1, 0.15) is 11.2 Å². The summed E-state index contributed by atoms with van der Waals surface area (Å²) in [5, 5.41) is 13.8. The van der Waals surface area contributed by atoms with Gasteiger partial charge in [-0.25, -0.2) is 23.8 Å². The number of aromatic nitrogens is 4. The maximum atomic E-state index is 12.6. The summed E-state index contributed by atoms with van der Waals surface area (Å²) in [6, 6.07) is 5.20. The predicted molar refractivity (Wildman–Crippen MR) is 121 cm³/mol. The number of methoxy groups -OCH3 is 1. The first kappa shape index (κ1) is 22.8. The van der Waals surface area contributed by atoms with Gasteiger partial charge in [0.05, 0.1) is 17.8 Å². The number of fused-ring (bicyclic) bond motifs is 1. The topological polar surface area (TPSA) is 139 Å². The van der Waals surface area contributed by atoms with Crippen molar-refractivity contribution in [3.05, 3.63) is 24.4 Å². The van der Waals surface area contributed by atoms with Gasteiger partial charge in [0, 0.05) is 24.9 Å². The molecular formula is C21H27F2N9O. The normalized spacial score (nSPS) is 20.8. The third kappa shape index (κ3) is 4.85. The zero-order valence-corrected chi connectivity index (χ0v) is 18.5. The Kier molecular flexibility index (Phi) is 6.36. The maximum Gasteiger partial charge on any atom is 0.255 e. The summed E-state index contributed by atoms with van der Waals surface area (Å²) in [5.41, 5.74) is 15.3. The van der Waals surface area contributed by atoms with E-state index in [2.05, 4.69) is 37.7 Å². The van der Waals surface area contributed by atoms with Gasteiger partial charge in [-0.05, 0) is 50.8 Å². The molecular weight excluding hydrogens is 432 g/mol. The van der Waals surface area contributed by atoms with Gasteiger partial charge in [-0.15, -0.1) is 5.10 Å². The quantitative estimate of drug-likeness (QED) is 0.364. The Hall–Kier alpha value is -3.41. The average Bonchev–Trinajstić information content (AvgIpc) is 3.23. The fourth-order valence-corrected chi connectivity index (χ4v) is 4.08. The highest BCUT2D eigenvalue weighted by molar-refractivity contribution is 5.87. The van der Waals surface area contributed by atoms with E-state index in [-0.39, 0.29) is 29.0 Å². The second-order valence-electron chi connectivity index (χ2n) is 8.36. The summed E-state index contributed by atoms with van der Waals surface area (Å²) in [5.74, 6) is 0.798. The zero-order chi connectivity index (χ0) is 23.6. The van der Waals surface area contributed by atoms with Crippen LogP contribution in [0.2, 0.25) is 0 Å². The summed E-state index contributed by atoms with van der Waals surface area (Å²) in [4.78, 5) is 8.82. The molecule has 0 radical (unpaired) electrons. The van der Waals surface area contributed by atoms with Gasteiger partial charge >= 0.3 is 0 Å². The lowest BCUT2D eigenvalue weighted by molar-refractivity contribution is -0.0253. The van der Waals surface area contributed by atoms with E-state index >= 15 is 0 Å². The monoisotopic (exact) mass is 459 g/mol. The lowest BCUT2D eigenvalue weighted by Gasteiger charge is -2.36. The van der Waals surface area contributed by atoms with Crippen molar-refractivity contribution < 1.29 is 13.5 Å². The molecule has 5 N–H and O–H groups in total. The first-order chi connectivity index (χ1) is 15.8. The van der Waals surface area contributed by atoms with E-state index in [1.54, 1.807) is 30.0 Å². The molecule has 4 rings (SSSR count). The maximum absolute atomic E-state index is 12.6. The third-order valence-corrected chi connectivity index (χ3v) is 6.10. The van der Waals surface area contributed by atoms with Gasteiger partial charge in [-0.3, -0.25) is 0 Å². The minimum atomic E-state index is -2.56. The van der Waals surface area contributed by atoms with Crippen LogP contribution in [0.25, 0.3) is 16.8 Å². The summed E-state index contributed by atoms with van der Waals surface area (Å²) in [7, 11) is 1.75. The lowest BCUT2D eigenvalue weighted by atomic mass is 9.83. The number of nitrogen functional groups attached to an aromatic ring is 1. The van der Waals surface area contributed by atoms with Gasteiger partial charge < -0.3 is 21.1 Å². The minimum Gasteiger partial charge on any atom is -0.382 e. The number of rotatable bonds is 8. The molecule has 1 aliphatic rings. The number of nitrogens with one attached hydrogen (secondary N) is 3. The molecule has 3 aromatic rings. The molecule has 1 aliphatic carbocycles. The highest BCUT2D eigenvalue weighted by atomic mass is 19.3. The number of halogens is 2.